The van der Waals surface area contributed by atoms with Crippen LogP contribution in [-0.2, 0) is 11.2 Å². The number of halogens is 2. The van der Waals surface area contributed by atoms with Gasteiger partial charge in [0.05, 0.1) is 16.7 Å². The normalized spacial score (nSPS) is 14.5. The molecule has 0 saturated heterocycles. The number of benzene rings is 1. The average molecular weight is 320 g/mol. The highest BCUT2D eigenvalue weighted by Crippen LogP contribution is 2.24. The molecule has 1 unspecified atom stereocenters. The molecule has 0 aliphatic heterocycles. The van der Waals surface area contributed by atoms with Crippen molar-refractivity contribution in [2.75, 3.05) is 26.8 Å². The zero-order valence-corrected chi connectivity index (χ0v) is 12.3. The molecule has 0 radical (unpaired) electrons. The van der Waals surface area contributed by atoms with Crippen LogP contribution in [0, 0.1) is 5.82 Å². The van der Waals surface area contributed by atoms with Crippen LogP contribution in [0.3, 0.4) is 0 Å². The quantitative estimate of drug-likeness (QED) is 0.756. The van der Waals surface area contributed by atoms with Crippen molar-refractivity contribution in [1.29, 1.82) is 0 Å². The maximum atomic E-state index is 13.3. The predicted octanol–water partition coefficient (Wildman–Crippen LogP) is 2.12. The Balaban J connectivity index is 2.56. The van der Waals surface area contributed by atoms with Gasteiger partial charge in [0.1, 0.15) is 5.82 Å². The summed E-state index contributed by atoms with van der Waals surface area (Å²) < 4.78 is 18.7. The van der Waals surface area contributed by atoms with Crippen molar-refractivity contribution >= 4 is 15.9 Å². The fourth-order valence-electron chi connectivity index (χ4n) is 1.69. The standard InChI is InChI=1S/C13H19BrFNO2/c1-13(17,9-16-6-7-18-2)8-10-4-3-5-11(15)12(10)14/h3-5,16-17H,6-9H2,1-2H3. The van der Waals surface area contributed by atoms with Crippen molar-refractivity contribution in [3.05, 3.63) is 34.1 Å². The molecule has 1 rings (SSSR count). The third-order valence-electron chi connectivity index (χ3n) is 2.59. The number of hydrogen-bond donors (Lipinski definition) is 2. The van der Waals surface area contributed by atoms with Gasteiger partial charge < -0.3 is 15.2 Å². The second kappa shape index (κ2) is 7.19. The Labute approximate surface area is 115 Å². The minimum Gasteiger partial charge on any atom is -0.389 e. The van der Waals surface area contributed by atoms with E-state index >= 15 is 0 Å². The van der Waals surface area contributed by atoms with Gasteiger partial charge in [-0.15, -0.1) is 0 Å². The molecule has 102 valence electrons. The minimum atomic E-state index is -0.927. The number of ether oxygens (including phenoxy) is 1. The number of nitrogens with one attached hydrogen (secondary N) is 1. The molecule has 0 spiro atoms. The van der Waals surface area contributed by atoms with E-state index in [1.54, 1.807) is 26.2 Å². The van der Waals surface area contributed by atoms with Crippen molar-refractivity contribution in [2.45, 2.75) is 18.9 Å². The Bertz CT molecular complexity index is 385. The summed E-state index contributed by atoms with van der Waals surface area (Å²) in [7, 11) is 1.63. The summed E-state index contributed by atoms with van der Waals surface area (Å²) in [5, 5.41) is 13.3. The van der Waals surface area contributed by atoms with Gasteiger partial charge in [-0.05, 0) is 34.5 Å². The average Bonchev–Trinajstić information content (AvgIpc) is 2.31. The molecule has 0 aliphatic carbocycles. The summed E-state index contributed by atoms with van der Waals surface area (Å²) in [6.45, 7) is 3.43. The van der Waals surface area contributed by atoms with Crippen LogP contribution in [0.1, 0.15) is 12.5 Å². The molecule has 0 aliphatic rings. The Morgan fingerprint density at radius 2 is 2.22 bits per heavy atom. The fraction of sp³-hybridized carbons (Fsp3) is 0.538. The molecular weight excluding hydrogens is 301 g/mol. The molecular formula is C13H19BrFNO2. The third-order valence-corrected chi connectivity index (χ3v) is 3.48. The lowest BCUT2D eigenvalue weighted by molar-refractivity contribution is 0.0579. The lowest BCUT2D eigenvalue weighted by Gasteiger charge is -2.24. The zero-order chi connectivity index (χ0) is 13.6. The summed E-state index contributed by atoms with van der Waals surface area (Å²) in [6.07, 6.45) is 0.380. The minimum absolute atomic E-state index is 0.310. The Hall–Kier alpha value is -0.490. The SMILES string of the molecule is COCCNCC(C)(O)Cc1cccc(F)c1Br. The molecule has 0 fully saturated rings. The van der Waals surface area contributed by atoms with E-state index in [4.69, 9.17) is 4.74 Å². The van der Waals surface area contributed by atoms with E-state index in [-0.39, 0.29) is 5.82 Å². The van der Waals surface area contributed by atoms with Gasteiger partial charge >= 0.3 is 0 Å². The van der Waals surface area contributed by atoms with Crippen LogP contribution in [0.2, 0.25) is 0 Å². The van der Waals surface area contributed by atoms with E-state index in [0.717, 1.165) is 5.56 Å². The first-order chi connectivity index (χ1) is 8.46. The zero-order valence-electron chi connectivity index (χ0n) is 10.7. The molecule has 1 aromatic rings. The van der Waals surface area contributed by atoms with Gasteiger partial charge in [-0.25, -0.2) is 4.39 Å². The van der Waals surface area contributed by atoms with E-state index < -0.39 is 5.60 Å². The maximum absolute atomic E-state index is 13.3. The summed E-state index contributed by atoms with van der Waals surface area (Å²) in [4.78, 5) is 0. The molecule has 0 aromatic heterocycles. The molecule has 5 heteroatoms. The van der Waals surface area contributed by atoms with Gasteiger partial charge in [-0.1, -0.05) is 12.1 Å². The van der Waals surface area contributed by atoms with E-state index in [0.29, 0.717) is 30.6 Å². The molecule has 0 heterocycles. The van der Waals surface area contributed by atoms with Crippen molar-refractivity contribution in [3.8, 4) is 0 Å². The first-order valence-corrected chi connectivity index (χ1v) is 6.60. The molecule has 0 bridgehead atoms. The maximum Gasteiger partial charge on any atom is 0.137 e. The van der Waals surface area contributed by atoms with E-state index in [9.17, 15) is 9.50 Å². The summed E-state index contributed by atoms with van der Waals surface area (Å²) in [6, 6.07) is 4.83. The lowest BCUT2D eigenvalue weighted by atomic mass is 9.96. The first kappa shape index (κ1) is 15.6. The highest BCUT2D eigenvalue weighted by molar-refractivity contribution is 9.10. The van der Waals surface area contributed by atoms with E-state index in [1.165, 1.54) is 6.07 Å². The topological polar surface area (TPSA) is 41.5 Å². The number of hydrogen-bond acceptors (Lipinski definition) is 3. The molecule has 3 nitrogen and oxygen atoms in total. The molecule has 0 saturated carbocycles. The highest BCUT2D eigenvalue weighted by Gasteiger charge is 2.22. The first-order valence-electron chi connectivity index (χ1n) is 5.81. The van der Waals surface area contributed by atoms with Gasteiger partial charge in [-0.3, -0.25) is 0 Å². The Morgan fingerprint density at radius 1 is 1.50 bits per heavy atom. The van der Waals surface area contributed by atoms with Crippen LogP contribution in [0.25, 0.3) is 0 Å². The summed E-state index contributed by atoms with van der Waals surface area (Å²) >= 11 is 3.20. The fourth-order valence-corrected chi connectivity index (χ4v) is 2.09. The van der Waals surface area contributed by atoms with E-state index in [1.807, 2.05) is 0 Å². The smallest absolute Gasteiger partial charge is 0.137 e. The molecule has 2 N–H and O–H groups in total. The molecule has 18 heavy (non-hydrogen) atoms. The van der Waals surface area contributed by atoms with Crippen LogP contribution in [0.15, 0.2) is 22.7 Å². The van der Waals surface area contributed by atoms with Gasteiger partial charge in [0.2, 0.25) is 0 Å². The van der Waals surface area contributed by atoms with Gasteiger partial charge in [0, 0.05) is 26.6 Å². The van der Waals surface area contributed by atoms with Gasteiger partial charge in [0.25, 0.3) is 0 Å². The lowest BCUT2D eigenvalue weighted by Crippen LogP contribution is -2.40. The van der Waals surface area contributed by atoms with Crippen LogP contribution in [0.4, 0.5) is 4.39 Å². The number of rotatable bonds is 7. The van der Waals surface area contributed by atoms with Gasteiger partial charge in [-0.2, -0.15) is 0 Å². The molecule has 0 amide bonds. The van der Waals surface area contributed by atoms with Crippen LogP contribution in [-0.4, -0.2) is 37.5 Å². The van der Waals surface area contributed by atoms with Crippen LogP contribution >= 0.6 is 15.9 Å². The molecule has 1 aromatic carbocycles. The Morgan fingerprint density at radius 3 is 2.89 bits per heavy atom. The van der Waals surface area contributed by atoms with Crippen molar-refractivity contribution in [1.82, 2.24) is 5.32 Å². The van der Waals surface area contributed by atoms with E-state index in [2.05, 4.69) is 21.2 Å². The largest absolute Gasteiger partial charge is 0.389 e. The second-order valence-electron chi connectivity index (χ2n) is 4.56. The number of methoxy groups -OCH3 is 1. The van der Waals surface area contributed by atoms with Crippen molar-refractivity contribution < 1.29 is 14.2 Å². The highest BCUT2D eigenvalue weighted by atomic mass is 79.9. The summed E-state index contributed by atoms with van der Waals surface area (Å²) in [5.74, 6) is -0.310. The predicted molar refractivity (Wildman–Crippen MR) is 73.2 cm³/mol. The Kier molecular flexibility index (Phi) is 6.21. The summed E-state index contributed by atoms with van der Waals surface area (Å²) in [5.41, 5.74) is -0.169. The van der Waals surface area contributed by atoms with Crippen LogP contribution < -0.4 is 5.32 Å². The van der Waals surface area contributed by atoms with Crippen molar-refractivity contribution in [3.63, 3.8) is 0 Å². The number of aliphatic hydroxyl groups is 1. The third kappa shape index (κ3) is 5.02. The molecule has 1 atom stereocenters. The van der Waals surface area contributed by atoms with Crippen LogP contribution in [0.5, 0.6) is 0 Å². The second-order valence-corrected chi connectivity index (χ2v) is 5.35. The van der Waals surface area contributed by atoms with Crippen molar-refractivity contribution in [2.24, 2.45) is 0 Å². The monoisotopic (exact) mass is 319 g/mol. The van der Waals surface area contributed by atoms with Gasteiger partial charge in [0.15, 0.2) is 0 Å².